The molecule has 2 unspecified atom stereocenters. The molecule has 108 valence electrons. The zero-order valence-electron chi connectivity index (χ0n) is 12.5. The van der Waals surface area contributed by atoms with Gasteiger partial charge in [0.25, 0.3) is 0 Å². The lowest BCUT2D eigenvalue weighted by Gasteiger charge is -2.42. The van der Waals surface area contributed by atoms with Crippen LogP contribution in [0.5, 0.6) is 0 Å². The van der Waals surface area contributed by atoms with E-state index in [1.807, 2.05) is 0 Å². The van der Waals surface area contributed by atoms with Gasteiger partial charge in [0.2, 0.25) is 0 Å². The fraction of sp³-hybridized carbons (Fsp3) is 1.00. The third kappa shape index (κ3) is 4.50. The van der Waals surface area contributed by atoms with Crippen LogP contribution < -0.4 is 5.73 Å². The molecule has 1 fully saturated rings. The minimum atomic E-state index is 0.0839. The average molecular weight is 257 g/mol. The van der Waals surface area contributed by atoms with Crippen LogP contribution in [0, 0.1) is 5.92 Å². The summed E-state index contributed by atoms with van der Waals surface area (Å²) in [6.07, 6.45) is 0.982. The summed E-state index contributed by atoms with van der Waals surface area (Å²) in [6, 6.07) is 0.825. The number of piperazine rings is 1. The third-order valence-corrected chi connectivity index (χ3v) is 3.97. The summed E-state index contributed by atoms with van der Waals surface area (Å²) in [6.45, 7) is 13.2. The molecule has 0 aromatic rings. The maximum atomic E-state index is 9.60. The van der Waals surface area contributed by atoms with Gasteiger partial charge in [-0.2, -0.15) is 0 Å². The van der Waals surface area contributed by atoms with E-state index in [1.54, 1.807) is 0 Å². The topological polar surface area (TPSA) is 52.7 Å². The van der Waals surface area contributed by atoms with Crippen molar-refractivity contribution in [2.75, 3.05) is 32.8 Å². The molecule has 1 saturated heterocycles. The number of nitrogens with zero attached hydrogens (tertiary/aromatic N) is 2. The SMILES string of the molecule is CC(C)CC(N)C(CO)N1CCN(C(C)C)CC1. The van der Waals surface area contributed by atoms with Crippen molar-refractivity contribution in [2.45, 2.75) is 52.2 Å². The molecule has 2 atom stereocenters. The van der Waals surface area contributed by atoms with Crippen molar-refractivity contribution in [1.82, 2.24) is 9.80 Å². The number of hydrogen-bond acceptors (Lipinski definition) is 4. The van der Waals surface area contributed by atoms with Crippen LogP contribution in [0.3, 0.4) is 0 Å². The molecule has 1 aliphatic rings. The number of hydrogen-bond donors (Lipinski definition) is 2. The first-order chi connectivity index (χ1) is 8.45. The summed E-state index contributed by atoms with van der Waals surface area (Å²) in [5.74, 6) is 0.589. The molecule has 1 aliphatic heterocycles. The van der Waals surface area contributed by atoms with Gasteiger partial charge in [-0.3, -0.25) is 9.80 Å². The zero-order chi connectivity index (χ0) is 13.7. The minimum Gasteiger partial charge on any atom is -0.395 e. The molecule has 4 nitrogen and oxygen atoms in total. The van der Waals surface area contributed by atoms with E-state index in [9.17, 15) is 5.11 Å². The van der Waals surface area contributed by atoms with Gasteiger partial charge in [-0.1, -0.05) is 13.8 Å². The molecule has 0 spiro atoms. The Morgan fingerprint density at radius 1 is 1.00 bits per heavy atom. The van der Waals surface area contributed by atoms with Crippen LogP contribution in [0.4, 0.5) is 0 Å². The molecule has 0 radical (unpaired) electrons. The Balaban J connectivity index is 2.47. The van der Waals surface area contributed by atoms with E-state index >= 15 is 0 Å². The van der Waals surface area contributed by atoms with E-state index in [1.165, 1.54) is 0 Å². The van der Waals surface area contributed by atoms with Crippen molar-refractivity contribution in [3.05, 3.63) is 0 Å². The van der Waals surface area contributed by atoms with Gasteiger partial charge in [-0.05, 0) is 26.2 Å². The number of aliphatic hydroxyl groups is 1. The van der Waals surface area contributed by atoms with Gasteiger partial charge in [0.15, 0.2) is 0 Å². The smallest absolute Gasteiger partial charge is 0.0601 e. The highest BCUT2D eigenvalue weighted by molar-refractivity contribution is 4.86. The second-order valence-electron chi connectivity index (χ2n) is 6.21. The lowest BCUT2D eigenvalue weighted by molar-refractivity contribution is 0.0402. The van der Waals surface area contributed by atoms with E-state index in [2.05, 4.69) is 37.5 Å². The average Bonchev–Trinajstić information content (AvgIpc) is 2.29. The summed E-state index contributed by atoms with van der Waals surface area (Å²) in [4.78, 5) is 4.85. The Kier molecular flexibility index (Phi) is 6.57. The second-order valence-corrected chi connectivity index (χ2v) is 6.21. The van der Waals surface area contributed by atoms with Gasteiger partial charge >= 0.3 is 0 Å². The molecule has 0 aliphatic carbocycles. The van der Waals surface area contributed by atoms with E-state index in [0.29, 0.717) is 12.0 Å². The van der Waals surface area contributed by atoms with E-state index in [4.69, 9.17) is 5.73 Å². The molecular formula is C14H31N3O. The molecule has 0 bridgehead atoms. The fourth-order valence-corrected chi connectivity index (χ4v) is 2.81. The monoisotopic (exact) mass is 257 g/mol. The molecule has 4 heteroatoms. The van der Waals surface area contributed by atoms with Crippen LogP contribution in [0.15, 0.2) is 0 Å². The fourth-order valence-electron chi connectivity index (χ4n) is 2.81. The van der Waals surface area contributed by atoms with Crippen LogP contribution in [0.25, 0.3) is 0 Å². The van der Waals surface area contributed by atoms with Crippen molar-refractivity contribution in [2.24, 2.45) is 11.7 Å². The lowest BCUT2D eigenvalue weighted by Crippen LogP contribution is -2.58. The van der Waals surface area contributed by atoms with Gasteiger partial charge in [-0.15, -0.1) is 0 Å². The third-order valence-electron chi connectivity index (χ3n) is 3.97. The molecule has 0 aromatic heterocycles. The summed E-state index contributed by atoms with van der Waals surface area (Å²) in [5.41, 5.74) is 6.24. The van der Waals surface area contributed by atoms with E-state index < -0.39 is 0 Å². The maximum Gasteiger partial charge on any atom is 0.0601 e. The van der Waals surface area contributed by atoms with Crippen molar-refractivity contribution in [3.63, 3.8) is 0 Å². The number of nitrogens with two attached hydrogens (primary N) is 1. The van der Waals surface area contributed by atoms with E-state index in [0.717, 1.165) is 32.6 Å². The van der Waals surface area contributed by atoms with Crippen molar-refractivity contribution < 1.29 is 5.11 Å². The van der Waals surface area contributed by atoms with Crippen LogP contribution in [0.2, 0.25) is 0 Å². The lowest BCUT2D eigenvalue weighted by atomic mass is 9.97. The molecule has 1 heterocycles. The Labute approximate surface area is 112 Å². The Morgan fingerprint density at radius 3 is 1.89 bits per heavy atom. The van der Waals surface area contributed by atoms with Crippen LogP contribution >= 0.6 is 0 Å². The van der Waals surface area contributed by atoms with Crippen LogP contribution in [0.1, 0.15) is 34.1 Å². The highest BCUT2D eigenvalue weighted by atomic mass is 16.3. The predicted octanol–water partition coefficient (Wildman–Crippen LogP) is 0.747. The van der Waals surface area contributed by atoms with Gasteiger partial charge in [0, 0.05) is 44.3 Å². The quantitative estimate of drug-likeness (QED) is 0.737. The predicted molar refractivity (Wildman–Crippen MR) is 76.6 cm³/mol. The molecule has 0 aromatic carbocycles. The highest BCUT2D eigenvalue weighted by Crippen LogP contribution is 2.14. The Bertz CT molecular complexity index is 225. The normalized spacial score (nSPS) is 22.7. The second kappa shape index (κ2) is 7.43. The Hall–Kier alpha value is -0.160. The molecule has 0 amide bonds. The van der Waals surface area contributed by atoms with Gasteiger partial charge in [-0.25, -0.2) is 0 Å². The van der Waals surface area contributed by atoms with Crippen LogP contribution in [-0.2, 0) is 0 Å². The molecule has 18 heavy (non-hydrogen) atoms. The standard InChI is InChI=1S/C14H31N3O/c1-11(2)9-13(15)14(10-18)17-7-5-16(6-8-17)12(3)4/h11-14,18H,5-10,15H2,1-4H3. The zero-order valence-corrected chi connectivity index (χ0v) is 12.5. The number of aliphatic hydroxyl groups excluding tert-OH is 1. The first kappa shape index (κ1) is 15.9. The highest BCUT2D eigenvalue weighted by Gasteiger charge is 2.28. The van der Waals surface area contributed by atoms with E-state index in [-0.39, 0.29) is 18.7 Å². The minimum absolute atomic E-state index is 0.0839. The van der Waals surface area contributed by atoms with Gasteiger partial charge < -0.3 is 10.8 Å². The summed E-state index contributed by atoms with van der Waals surface area (Å²) >= 11 is 0. The summed E-state index contributed by atoms with van der Waals surface area (Å²) < 4.78 is 0. The largest absolute Gasteiger partial charge is 0.395 e. The van der Waals surface area contributed by atoms with Gasteiger partial charge in [0.1, 0.15) is 0 Å². The maximum absolute atomic E-state index is 9.60. The summed E-state index contributed by atoms with van der Waals surface area (Å²) in [5, 5.41) is 9.60. The Morgan fingerprint density at radius 2 is 1.50 bits per heavy atom. The summed E-state index contributed by atoms with van der Waals surface area (Å²) in [7, 11) is 0. The first-order valence-electron chi connectivity index (χ1n) is 7.30. The van der Waals surface area contributed by atoms with Crippen molar-refractivity contribution in [3.8, 4) is 0 Å². The molecule has 1 rings (SSSR count). The van der Waals surface area contributed by atoms with Gasteiger partial charge in [0.05, 0.1) is 6.61 Å². The number of rotatable bonds is 6. The molecule has 0 saturated carbocycles. The molecule has 3 N–H and O–H groups in total. The molecular weight excluding hydrogens is 226 g/mol. The first-order valence-corrected chi connectivity index (χ1v) is 7.30. The van der Waals surface area contributed by atoms with Crippen molar-refractivity contribution in [1.29, 1.82) is 0 Å². The van der Waals surface area contributed by atoms with Crippen molar-refractivity contribution >= 4 is 0 Å². The van der Waals surface area contributed by atoms with Crippen LogP contribution in [-0.4, -0.2) is 65.8 Å².